The van der Waals surface area contributed by atoms with Gasteiger partial charge in [0.15, 0.2) is 0 Å². The van der Waals surface area contributed by atoms with Crippen LogP contribution in [0.5, 0.6) is 0 Å². The molecule has 6 heteroatoms. The van der Waals surface area contributed by atoms with Gasteiger partial charge in [-0.25, -0.2) is 0 Å². The van der Waals surface area contributed by atoms with E-state index in [0.717, 1.165) is 31.4 Å². The molecule has 3 fully saturated rings. The molecule has 3 atom stereocenters. The summed E-state index contributed by atoms with van der Waals surface area (Å²) in [7, 11) is 0. The average molecular weight is 376 g/mol. The third kappa shape index (κ3) is 3.35. The van der Waals surface area contributed by atoms with Crippen molar-refractivity contribution < 1.29 is 9.59 Å². The number of hydrogen-bond acceptors (Lipinski definition) is 3. The van der Waals surface area contributed by atoms with Crippen molar-refractivity contribution in [2.75, 3.05) is 11.4 Å². The van der Waals surface area contributed by atoms with Gasteiger partial charge in [0.25, 0.3) is 0 Å². The number of anilines is 1. The summed E-state index contributed by atoms with van der Waals surface area (Å²) in [6, 6.07) is 7.07. The number of nitrogens with zero attached hydrogens (tertiary/aromatic N) is 1. The third-order valence-corrected chi connectivity index (χ3v) is 6.70. The molecule has 1 saturated heterocycles. The van der Waals surface area contributed by atoms with Gasteiger partial charge in [-0.2, -0.15) is 0 Å². The molecule has 1 aliphatic heterocycles. The van der Waals surface area contributed by atoms with Crippen molar-refractivity contribution in [1.82, 2.24) is 5.32 Å². The van der Waals surface area contributed by atoms with Gasteiger partial charge in [0, 0.05) is 29.2 Å². The molecule has 0 spiro atoms. The van der Waals surface area contributed by atoms with Gasteiger partial charge in [-0.1, -0.05) is 18.0 Å². The van der Waals surface area contributed by atoms with Crippen molar-refractivity contribution in [2.45, 2.75) is 50.6 Å². The van der Waals surface area contributed by atoms with Crippen molar-refractivity contribution in [1.29, 1.82) is 0 Å². The number of rotatable bonds is 3. The Hall–Kier alpha value is -1.59. The number of carbonyl (C=O) groups excluding carboxylic acids is 2. The molecule has 1 aromatic carbocycles. The van der Waals surface area contributed by atoms with Gasteiger partial charge in [0.2, 0.25) is 11.8 Å². The second-order valence-corrected chi connectivity index (χ2v) is 8.45. The molecule has 2 aliphatic carbocycles. The summed E-state index contributed by atoms with van der Waals surface area (Å²) in [5.74, 6) is 0.923. The summed E-state index contributed by atoms with van der Waals surface area (Å²) >= 11 is 5.92. The van der Waals surface area contributed by atoms with E-state index in [1.54, 1.807) is 17.0 Å². The summed E-state index contributed by atoms with van der Waals surface area (Å²) < 4.78 is 0. The standard InChI is InChI=1S/C20H26ClN3O2/c21-15-4-6-16(7-5-15)24-9-8-17(20(24)26)23-19(25)14-10-12-2-1-3-13(11-14)18(12)22/h4-7,12-14,17-18H,1-3,8-11,22H2,(H,23,25). The number of nitrogens with two attached hydrogens (primary N) is 1. The Labute approximate surface area is 159 Å². The fourth-order valence-electron chi connectivity index (χ4n) is 4.98. The van der Waals surface area contributed by atoms with Crippen LogP contribution < -0.4 is 16.0 Å². The number of nitrogens with one attached hydrogen (secondary N) is 1. The summed E-state index contributed by atoms with van der Waals surface area (Å²) in [6.45, 7) is 0.617. The van der Waals surface area contributed by atoms with E-state index in [1.165, 1.54) is 6.42 Å². The van der Waals surface area contributed by atoms with Crippen LogP contribution in [0.2, 0.25) is 5.02 Å². The maximum absolute atomic E-state index is 12.8. The van der Waals surface area contributed by atoms with E-state index >= 15 is 0 Å². The maximum atomic E-state index is 12.8. The highest BCUT2D eigenvalue weighted by molar-refractivity contribution is 6.30. The van der Waals surface area contributed by atoms with Gasteiger partial charge < -0.3 is 16.0 Å². The van der Waals surface area contributed by atoms with E-state index in [2.05, 4.69) is 5.32 Å². The Morgan fingerprint density at radius 2 is 1.77 bits per heavy atom. The van der Waals surface area contributed by atoms with E-state index in [9.17, 15) is 9.59 Å². The SMILES string of the molecule is NC1C2CCCC1CC(C(=O)NC1CCN(c3ccc(Cl)cc3)C1=O)C2. The first-order valence-electron chi connectivity index (χ1n) is 9.66. The molecule has 5 nitrogen and oxygen atoms in total. The Bertz CT molecular complexity index is 679. The van der Waals surface area contributed by atoms with E-state index in [0.29, 0.717) is 29.8 Å². The predicted molar refractivity (Wildman–Crippen MR) is 102 cm³/mol. The Balaban J connectivity index is 1.38. The van der Waals surface area contributed by atoms with Crippen molar-refractivity contribution in [3.8, 4) is 0 Å². The lowest BCUT2D eigenvalue weighted by Gasteiger charge is -2.43. The largest absolute Gasteiger partial charge is 0.344 e. The van der Waals surface area contributed by atoms with Crippen LogP contribution in [0.25, 0.3) is 0 Å². The first-order chi connectivity index (χ1) is 12.5. The van der Waals surface area contributed by atoms with Crippen LogP contribution in [0.1, 0.15) is 38.5 Å². The van der Waals surface area contributed by atoms with Gasteiger partial charge in [-0.05, 0) is 68.2 Å². The molecule has 0 radical (unpaired) electrons. The Morgan fingerprint density at radius 3 is 2.42 bits per heavy atom. The van der Waals surface area contributed by atoms with E-state index in [-0.39, 0.29) is 23.8 Å². The minimum Gasteiger partial charge on any atom is -0.344 e. The Kier molecular flexibility index (Phi) is 4.93. The zero-order valence-corrected chi connectivity index (χ0v) is 15.6. The van der Waals surface area contributed by atoms with Crippen LogP contribution in [0, 0.1) is 17.8 Å². The molecule has 1 heterocycles. The molecular weight excluding hydrogens is 350 g/mol. The minimum atomic E-state index is -0.423. The molecule has 3 unspecified atom stereocenters. The minimum absolute atomic E-state index is 0.00230. The molecule has 3 N–H and O–H groups in total. The van der Waals surface area contributed by atoms with Crippen LogP contribution in [-0.4, -0.2) is 30.4 Å². The van der Waals surface area contributed by atoms with Gasteiger partial charge in [-0.15, -0.1) is 0 Å². The fraction of sp³-hybridized carbons (Fsp3) is 0.600. The van der Waals surface area contributed by atoms with Crippen molar-refractivity contribution >= 4 is 29.1 Å². The molecule has 2 bridgehead atoms. The maximum Gasteiger partial charge on any atom is 0.249 e. The molecule has 2 saturated carbocycles. The molecule has 4 rings (SSSR count). The highest BCUT2D eigenvalue weighted by Crippen LogP contribution is 2.42. The molecule has 2 amide bonds. The third-order valence-electron chi connectivity index (χ3n) is 6.44. The topological polar surface area (TPSA) is 75.4 Å². The average Bonchev–Trinajstić information content (AvgIpc) is 2.96. The fourth-order valence-corrected chi connectivity index (χ4v) is 5.11. The monoisotopic (exact) mass is 375 g/mol. The second kappa shape index (κ2) is 7.20. The molecule has 3 aliphatic rings. The number of hydrogen-bond donors (Lipinski definition) is 2. The van der Waals surface area contributed by atoms with Crippen LogP contribution in [-0.2, 0) is 9.59 Å². The number of benzene rings is 1. The Morgan fingerprint density at radius 1 is 1.12 bits per heavy atom. The summed E-state index contributed by atoms with van der Waals surface area (Å²) in [5, 5.41) is 3.66. The van der Waals surface area contributed by atoms with E-state index in [1.807, 2.05) is 12.1 Å². The quantitative estimate of drug-likeness (QED) is 0.852. The smallest absolute Gasteiger partial charge is 0.249 e. The van der Waals surface area contributed by atoms with Gasteiger partial charge in [0.1, 0.15) is 6.04 Å². The normalized spacial score (nSPS) is 34.0. The summed E-state index contributed by atoms with van der Waals surface area (Å²) in [4.78, 5) is 27.2. The molecular formula is C20H26ClN3O2. The number of halogens is 1. The van der Waals surface area contributed by atoms with Crippen molar-refractivity contribution in [2.24, 2.45) is 23.5 Å². The first kappa shape index (κ1) is 17.8. The van der Waals surface area contributed by atoms with Gasteiger partial charge >= 0.3 is 0 Å². The highest BCUT2D eigenvalue weighted by Gasteiger charge is 2.42. The van der Waals surface area contributed by atoms with Crippen LogP contribution in [0.4, 0.5) is 5.69 Å². The van der Waals surface area contributed by atoms with E-state index < -0.39 is 6.04 Å². The number of carbonyl (C=O) groups is 2. The van der Waals surface area contributed by atoms with Crippen molar-refractivity contribution in [3.63, 3.8) is 0 Å². The van der Waals surface area contributed by atoms with Crippen LogP contribution >= 0.6 is 11.6 Å². The summed E-state index contributed by atoms with van der Waals surface area (Å²) in [5.41, 5.74) is 7.15. The number of fused-ring (bicyclic) bond motifs is 2. The van der Waals surface area contributed by atoms with E-state index in [4.69, 9.17) is 17.3 Å². The highest BCUT2D eigenvalue weighted by atomic mass is 35.5. The second-order valence-electron chi connectivity index (χ2n) is 8.01. The van der Waals surface area contributed by atoms with Crippen molar-refractivity contribution in [3.05, 3.63) is 29.3 Å². The molecule has 140 valence electrons. The predicted octanol–water partition coefficient (Wildman–Crippen LogP) is 2.72. The molecule has 1 aromatic rings. The molecule has 0 aromatic heterocycles. The lowest BCUT2D eigenvalue weighted by Crippen LogP contribution is -2.51. The van der Waals surface area contributed by atoms with Crippen LogP contribution in [0.15, 0.2) is 24.3 Å². The van der Waals surface area contributed by atoms with Gasteiger partial charge in [0.05, 0.1) is 0 Å². The molecule has 26 heavy (non-hydrogen) atoms. The zero-order valence-electron chi connectivity index (χ0n) is 14.9. The number of amides is 2. The zero-order chi connectivity index (χ0) is 18.3. The van der Waals surface area contributed by atoms with Gasteiger partial charge in [-0.3, -0.25) is 9.59 Å². The van der Waals surface area contributed by atoms with Crippen LogP contribution in [0.3, 0.4) is 0 Å². The lowest BCUT2D eigenvalue weighted by molar-refractivity contribution is -0.131. The summed E-state index contributed by atoms with van der Waals surface area (Å²) in [6.07, 6.45) is 5.87. The first-order valence-corrected chi connectivity index (χ1v) is 10.0. The lowest BCUT2D eigenvalue weighted by atomic mass is 9.65.